The molecule has 0 amide bonds. The molecule has 1 aliphatic rings. The smallest absolute Gasteiger partial charge is 0.133 e. The van der Waals surface area contributed by atoms with Crippen molar-refractivity contribution in [1.82, 2.24) is 4.90 Å². The third-order valence-electron chi connectivity index (χ3n) is 3.61. The fourth-order valence-corrected chi connectivity index (χ4v) is 2.74. The molecule has 0 spiro atoms. The SMILES string of the molecule is CC1CCN(CC(O)COc2ccccc2Br)CC1. The highest BCUT2D eigenvalue weighted by molar-refractivity contribution is 9.10. The van der Waals surface area contributed by atoms with Gasteiger partial charge < -0.3 is 14.7 Å². The summed E-state index contributed by atoms with van der Waals surface area (Å²) < 4.78 is 6.56. The van der Waals surface area contributed by atoms with Crippen LogP contribution in [0.2, 0.25) is 0 Å². The number of hydrogen-bond acceptors (Lipinski definition) is 3. The summed E-state index contributed by atoms with van der Waals surface area (Å²) in [6.45, 7) is 5.52. The molecule has 1 aromatic rings. The Labute approximate surface area is 123 Å². The minimum Gasteiger partial charge on any atom is -0.490 e. The van der Waals surface area contributed by atoms with Crippen LogP contribution in [-0.2, 0) is 0 Å². The van der Waals surface area contributed by atoms with E-state index in [0.29, 0.717) is 13.2 Å². The summed E-state index contributed by atoms with van der Waals surface area (Å²) in [6.07, 6.45) is 2.04. The van der Waals surface area contributed by atoms with E-state index in [1.165, 1.54) is 12.8 Å². The van der Waals surface area contributed by atoms with E-state index in [1.807, 2.05) is 24.3 Å². The molecule has 19 heavy (non-hydrogen) atoms. The Hall–Kier alpha value is -0.580. The van der Waals surface area contributed by atoms with E-state index in [4.69, 9.17) is 4.74 Å². The lowest BCUT2D eigenvalue weighted by atomic mass is 9.99. The van der Waals surface area contributed by atoms with Gasteiger partial charge in [0.05, 0.1) is 4.47 Å². The van der Waals surface area contributed by atoms with Gasteiger partial charge in [-0.05, 0) is 59.9 Å². The number of halogens is 1. The third kappa shape index (κ3) is 4.79. The van der Waals surface area contributed by atoms with Gasteiger partial charge in [-0.1, -0.05) is 19.1 Å². The molecule has 0 aliphatic carbocycles. The highest BCUT2D eigenvalue weighted by Gasteiger charge is 2.18. The number of likely N-dealkylation sites (tertiary alicyclic amines) is 1. The van der Waals surface area contributed by atoms with Crippen LogP contribution < -0.4 is 4.74 Å². The Morgan fingerprint density at radius 1 is 1.37 bits per heavy atom. The first kappa shape index (κ1) is 14.8. The molecule has 3 nitrogen and oxygen atoms in total. The molecule has 1 unspecified atom stereocenters. The van der Waals surface area contributed by atoms with E-state index in [9.17, 15) is 5.11 Å². The number of para-hydroxylation sites is 1. The molecule has 1 heterocycles. The molecule has 1 atom stereocenters. The number of nitrogens with zero attached hydrogens (tertiary/aromatic N) is 1. The second-order valence-corrected chi connectivity index (χ2v) is 6.23. The van der Waals surface area contributed by atoms with E-state index in [2.05, 4.69) is 27.8 Å². The lowest BCUT2D eigenvalue weighted by Crippen LogP contribution is -2.40. The van der Waals surface area contributed by atoms with Gasteiger partial charge in [0.25, 0.3) is 0 Å². The molecule has 0 aromatic heterocycles. The highest BCUT2D eigenvalue weighted by Crippen LogP contribution is 2.24. The van der Waals surface area contributed by atoms with Gasteiger partial charge in [-0.15, -0.1) is 0 Å². The first-order valence-corrected chi connectivity index (χ1v) is 7.72. The molecule has 1 fully saturated rings. The highest BCUT2D eigenvalue weighted by atomic mass is 79.9. The van der Waals surface area contributed by atoms with Crippen LogP contribution >= 0.6 is 15.9 Å². The van der Waals surface area contributed by atoms with Crippen molar-refractivity contribution >= 4 is 15.9 Å². The van der Waals surface area contributed by atoms with Gasteiger partial charge in [-0.25, -0.2) is 0 Å². The van der Waals surface area contributed by atoms with Crippen LogP contribution in [0.5, 0.6) is 5.75 Å². The minimum atomic E-state index is -0.430. The molecule has 0 bridgehead atoms. The lowest BCUT2D eigenvalue weighted by molar-refractivity contribution is 0.0561. The van der Waals surface area contributed by atoms with Crippen LogP contribution in [0, 0.1) is 5.92 Å². The van der Waals surface area contributed by atoms with Crippen LogP contribution in [0.25, 0.3) is 0 Å². The maximum absolute atomic E-state index is 10.0. The van der Waals surface area contributed by atoms with E-state index >= 15 is 0 Å². The molecule has 1 N–H and O–H groups in total. The average molecular weight is 328 g/mol. The summed E-state index contributed by atoms with van der Waals surface area (Å²) in [7, 11) is 0. The minimum absolute atomic E-state index is 0.342. The van der Waals surface area contributed by atoms with Gasteiger partial charge >= 0.3 is 0 Å². The van der Waals surface area contributed by atoms with E-state index < -0.39 is 6.10 Å². The topological polar surface area (TPSA) is 32.7 Å². The van der Waals surface area contributed by atoms with Gasteiger partial charge in [0.1, 0.15) is 18.5 Å². The van der Waals surface area contributed by atoms with E-state index in [0.717, 1.165) is 29.2 Å². The van der Waals surface area contributed by atoms with Gasteiger partial charge in [0.15, 0.2) is 0 Å². The summed E-state index contributed by atoms with van der Waals surface area (Å²) in [4.78, 5) is 2.33. The van der Waals surface area contributed by atoms with Crippen molar-refractivity contribution in [3.63, 3.8) is 0 Å². The van der Waals surface area contributed by atoms with Gasteiger partial charge in [0, 0.05) is 6.54 Å². The molecular weight excluding hydrogens is 306 g/mol. The van der Waals surface area contributed by atoms with Crippen LogP contribution in [0.15, 0.2) is 28.7 Å². The number of aliphatic hydroxyl groups is 1. The molecule has 1 saturated heterocycles. The maximum Gasteiger partial charge on any atom is 0.133 e. The second kappa shape index (κ2) is 7.27. The first-order chi connectivity index (χ1) is 9.15. The van der Waals surface area contributed by atoms with Crippen LogP contribution in [0.4, 0.5) is 0 Å². The number of β-amino-alcohol motifs (C(OH)–C–C–N with tert-alkyl or cyclic N) is 1. The normalized spacial score (nSPS) is 19.3. The molecule has 106 valence electrons. The van der Waals surface area contributed by atoms with Crippen molar-refractivity contribution in [3.05, 3.63) is 28.7 Å². The van der Waals surface area contributed by atoms with Gasteiger partial charge in [0.2, 0.25) is 0 Å². The van der Waals surface area contributed by atoms with Crippen LogP contribution in [-0.4, -0.2) is 42.4 Å². The summed E-state index contributed by atoms with van der Waals surface area (Å²) in [6, 6.07) is 7.72. The van der Waals surface area contributed by atoms with Crippen molar-refractivity contribution in [1.29, 1.82) is 0 Å². The number of piperidine rings is 1. The summed E-state index contributed by atoms with van der Waals surface area (Å²) >= 11 is 3.43. The zero-order valence-electron chi connectivity index (χ0n) is 11.4. The average Bonchev–Trinajstić information content (AvgIpc) is 2.40. The Kier molecular flexibility index (Phi) is 5.67. The Bertz CT molecular complexity index is 391. The summed E-state index contributed by atoms with van der Waals surface area (Å²) in [5, 5.41) is 10.0. The molecule has 0 radical (unpaired) electrons. The molecule has 2 rings (SSSR count). The second-order valence-electron chi connectivity index (χ2n) is 5.38. The molecule has 0 saturated carbocycles. The van der Waals surface area contributed by atoms with Crippen LogP contribution in [0.3, 0.4) is 0 Å². The Balaban J connectivity index is 1.73. The summed E-state index contributed by atoms with van der Waals surface area (Å²) in [5.41, 5.74) is 0. The summed E-state index contributed by atoms with van der Waals surface area (Å²) in [5.74, 6) is 1.61. The largest absolute Gasteiger partial charge is 0.490 e. The zero-order valence-corrected chi connectivity index (χ0v) is 13.0. The van der Waals surface area contributed by atoms with Crippen molar-refractivity contribution in [2.45, 2.75) is 25.9 Å². The maximum atomic E-state index is 10.0. The number of aliphatic hydroxyl groups excluding tert-OH is 1. The standard InChI is InChI=1S/C15H22BrNO2/c1-12-6-8-17(9-7-12)10-13(18)11-19-15-5-3-2-4-14(15)16/h2-5,12-13,18H,6-11H2,1H3. The van der Waals surface area contributed by atoms with Crippen LogP contribution in [0.1, 0.15) is 19.8 Å². The molecule has 1 aromatic carbocycles. The van der Waals surface area contributed by atoms with Gasteiger partial charge in [-0.2, -0.15) is 0 Å². The van der Waals surface area contributed by atoms with Crippen molar-refractivity contribution < 1.29 is 9.84 Å². The van der Waals surface area contributed by atoms with E-state index in [1.54, 1.807) is 0 Å². The van der Waals surface area contributed by atoms with E-state index in [-0.39, 0.29) is 0 Å². The zero-order chi connectivity index (χ0) is 13.7. The van der Waals surface area contributed by atoms with Crippen molar-refractivity contribution in [3.8, 4) is 5.75 Å². The predicted molar refractivity (Wildman–Crippen MR) is 80.5 cm³/mol. The number of hydrogen-bond donors (Lipinski definition) is 1. The third-order valence-corrected chi connectivity index (χ3v) is 4.27. The monoisotopic (exact) mass is 327 g/mol. The fourth-order valence-electron chi connectivity index (χ4n) is 2.34. The number of benzene rings is 1. The lowest BCUT2D eigenvalue weighted by Gasteiger charge is -2.31. The fraction of sp³-hybridized carbons (Fsp3) is 0.600. The quantitative estimate of drug-likeness (QED) is 0.902. The molecular formula is C15H22BrNO2. The predicted octanol–water partition coefficient (Wildman–Crippen LogP) is 2.92. The Morgan fingerprint density at radius 3 is 2.74 bits per heavy atom. The molecule has 4 heteroatoms. The number of rotatable bonds is 5. The van der Waals surface area contributed by atoms with Gasteiger partial charge in [-0.3, -0.25) is 0 Å². The molecule has 1 aliphatic heterocycles. The number of ether oxygens (including phenoxy) is 1. The van der Waals surface area contributed by atoms with Crippen molar-refractivity contribution in [2.75, 3.05) is 26.2 Å². The first-order valence-electron chi connectivity index (χ1n) is 6.93. The Morgan fingerprint density at radius 2 is 2.05 bits per heavy atom. The van der Waals surface area contributed by atoms with Crippen molar-refractivity contribution in [2.24, 2.45) is 5.92 Å².